The van der Waals surface area contributed by atoms with Crippen LogP contribution in [0.4, 0.5) is 19.3 Å². The number of alkyl halides is 2. The third-order valence-electron chi connectivity index (χ3n) is 1.68. The first-order chi connectivity index (χ1) is 7.99. The van der Waals surface area contributed by atoms with Crippen LogP contribution < -0.4 is 5.32 Å². The molecule has 17 heavy (non-hydrogen) atoms. The zero-order valence-corrected chi connectivity index (χ0v) is 10.3. The highest BCUT2D eigenvalue weighted by Gasteiger charge is 2.12. The number of thioether (sulfide) groups is 1. The zero-order valence-electron chi connectivity index (χ0n) is 9.44. The molecule has 0 aliphatic heterocycles. The Morgan fingerprint density at radius 1 is 1.35 bits per heavy atom. The lowest BCUT2D eigenvalue weighted by Crippen LogP contribution is -2.18. The second-order valence-electron chi connectivity index (χ2n) is 3.45. The van der Waals surface area contributed by atoms with Crippen LogP contribution in [0.2, 0.25) is 0 Å². The molecule has 0 saturated carbocycles. The van der Waals surface area contributed by atoms with E-state index in [1.165, 1.54) is 6.07 Å². The fourth-order valence-corrected chi connectivity index (χ4v) is 1.72. The van der Waals surface area contributed by atoms with Crippen molar-refractivity contribution in [3.63, 3.8) is 0 Å². The number of rotatable bonds is 4. The van der Waals surface area contributed by atoms with Crippen molar-refractivity contribution in [3.8, 4) is 0 Å². The summed E-state index contributed by atoms with van der Waals surface area (Å²) in [5, 5.41) is 2.43. The van der Waals surface area contributed by atoms with Gasteiger partial charge in [-0.3, -0.25) is 5.32 Å². The summed E-state index contributed by atoms with van der Waals surface area (Å²) < 4.78 is 29.4. The van der Waals surface area contributed by atoms with Crippen molar-refractivity contribution in [1.29, 1.82) is 0 Å². The van der Waals surface area contributed by atoms with Gasteiger partial charge in [0.1, 0.15) is 0 Å². The van der Waals surface area contributed by atoms with Crippen LogP contribution in [0.1, 0.15) is 13.8 Å². The van der Waals surface area contributed by atoms with E-state index in [0.717, 1.165) is 0 Å². The molecule has 6 heteroatoms. The van der Waals surface area contributed by atoms with Gasteiger partial charge in [-0.2, -0.15) is 8.78 Å². The van der Waals surface area contributed by atoms with Gasteiger partial charge in [0.2, 0.25) is 0 Å². The molecule has 0 fully saturated rings. The maximum atomic E-state index is 12.3. The lowest BCUT2D eigenvalue weighted by atomic mass is 10.3. The van der Waals surface area contributed by atoms with Gasteiger partial charge >= 0.3 is 6.09 Å². The van der Waals surface area contributed by atoms with Crippen molar-refractivity contribution in [2.45, 2.75) is 30.6 Å². The largest absolute Gasteiger partial charge is 0.447 e. The number of hydrogen-bond donors (Lipinski definition) is 1. The van der Waals surface area contributed by atoms with Crippen LogP contribution in [-0.2, 0) is 4.74 Å². The minimum Gasteiger partial charge on any atom is -0.447 e. The van der Waals surface area contributed by atoms with Crippen molar-refractivity contribution in [2.24, 2.45) is 0 Å². The molecule has 0 aliphatic carbocycles. The zero-order chi connectivity index (χ0) is 12.8. The Balaban J connectivity index is 2.72. The van der Waals surface area contributed by atoms with Crippen molar-refractivity contribution in [2.75, 3.05) is 5.32 Å². The van der Waals surface area contributed by atoms with E-state index in [2.05, 4.69) is 5.32 Å². The molecule has 0 bridgehead atoms. The quantitative estimate of drug-likeness (QED) is 0.834. The van der Waals surface area contributed by atoms with Crippen molar-refractivity contribution >= 4 is 23.5 Å². The van der Waals surface area contributed by atoms with Gasteiger partial charge in [0.15, 0.2) is 0 Å². The van der Waals surface area contributed by atoms with Crippen LogP contribution in [0.25, 0.3) is 0 Å². The van der Waals surface area contributed by atoms with Gasteiger partial charge in [0.05, 0.1) is 11.8 Å². The first-order valence-corrected chi connectivity index (χ1v) is 5.88. The molecule has 1 aromatic carbocycles. The van der Waals surface area contributed by atoms with E-state index in [1.807, 2.05) is 0 Å². The second-order valence-corrected chi connectivity index (χ2v) is 4.49. The summed E-state index contributed by atoms with van der Waals surface area (Å²) in [5.74, 6) is -2.53. The predicted molar refractivity (Wildman–Crippen MR) is 63.5 cm³/mol. The molecular formula is C11H13F2NO2S. The maximum absolute atomic E-state index is 12.3. The number of para-hydroxylation sites is 1. The van der Waals surface area contributed by atoms with Crippen LogP contribution in [0.3, 0.4) is 0 Å². The average Bonchev–Trinajstić information content (AvgIpc) is 2.18. The Bertz CT molecular complexity index is 385. The predicted octanol–water partition coefficient (Wildman–Crippen LogP) is 3.96. The standard InChI is InChI=1S/C11H13F2NO2S/c1-7(2)16-11(15)14-8-5-3-4-6-9(8)17-10(12)13/h3-7,10H,1-2H3,(H,14,15). The maximum Gasteiger partial charge on any atom is 0.411 e. The van der Waals surface area contributed by atoms with Crippen molar-refractivity contribution < 1.29 is 18.3 Å². The van der Waals surface area contributed by atoms with E-state index in [0.29, 0.717) is 22.3 Å². The normalized spacial score (nSPS) is 10.7. The summed E-state index contributed by atoms with van der Waals surface area (Å²) in [5.41, 5.74) is 0.323. The number of nitrogens with one attached hydrogen (secondary N) is 1. The van der Waals surface area contributed by atoms with E-state index in [9.17, 15) is 13.6 Å². The molecule has 0 unspecified atom stereocenters. The van der Waals surface area contributed by atoms with E-state index < -0.39 is 11.9 Å². The van der Waals surface area contributed by atoms with Gasteiger partial charge in [-0.1, -0.05) is 23.9 Å². The Labute approximate surface area is 103 Å². The molecule has 1 N–H and O–H groups in total. The monoisotopic (exact) mass is 261 g/mol. The highest BCUT2D eigenvalue weighted by molar-refractivity contribution is 7.99. The molecule has 1 rings (SSSR count). The van der Waals surface area contributed by atoms with Gasteiger partial charge in [0.25, 0.3) is 5.76 Å². The van der Waals surface area contributed by atoms with Crippen LogP contribution >= 0.6 is 11.8 Å². The minimum absolute atomic E-state index is 0.259. The summed E-state index contributed by atoms with van der Waals surface area (Å²) in [6, 6.07) is 6.35. The van der Waals surface area contributed by atoms with E-state index in [4.69, 9.17) is 4.74 Å². The Hall–Kier alpha value is -1.30. The topological polar surface area (TPSA) is 38.3 Å². The van der Waals surface area contributed by atoms with Gasteiger partial charge in [-0.15, -0.1) is 0 Å². The van der Waals surface area contributed by atoms with Gasteiger partial charge in [-0.25, -0.2) is 4.79 Å². The van der Waals surface area contributed by atoms with Gasteiger partial charge in [0, 0.05) is 4.90 Å². The lowest BCUT2D eigenvalue weighted by Gasteiger charge is -2.12. The number of carbonyl (C=O) groups is 1. The van der Waals surface area contributed by atoms with E-state index in [1.54, 1.807) is 32.0 Å². The number of amides is 1. The fourth-order valence-electron chi connectivity index (χ4n) is 1.12. The fraction of sp³-hybridized carbons (Fsp3) is 0.364. The molecule has 0 saturated heterocycles. The lowest BCUT2D eigenvalue weighted by molar-refractivity contribution is 0.130. The van der Waals surface area contributed by atoms with Crippen LogP contribution in [0.5, 0.6) is 0 Å². The van der Waals surface area contributed by atoms with Gasteiger partial charge < -0.3 is 4.74 Å². The molecule has 3 nitrogen and oxygen atoms in total. The van der Waals surface area contributed by atoms with E-state index in [-0.39, 0.29) is 6.10 Å². The summed E-state index contributed by atoms with van der Waals surface area (Å²) in [7, 11) is 0. The Kier molecular flexibility index (Phi) is 5.21. The molecule has 0 spiro atoms. The number of halogens is 2. The highest BCUT2D eigenvalue weighted by Crippen LogP contribution is 2.31. The third-order valence-corrected chi connectivity index (χ3v) is 2.47. The highest BCUT2D eigenvalue weighted by atomic mass is 32.2. The van der Waals surface area contributed by atoms with Gasteiger partial charge in [-0.05, 0) is 26.0 Å². The first kappa shape index (κ1) is 13.8. The molecule has 0 heterocycles. The number of anilines is 1. The summed E-state index contributed by atoms with van der Waals surface area (Å²) >= 11 is 0.382. The number of hydrogen-bond acceptors (Lipinski definition) is 3. The SMILES string of the molecule is CC(C)OC(=O)Nc1ccccc1SC(F)F. The molecule has 0 radical (unpaired) electrons. The van der Waals surface area contributed by atoms with E-state index >= 15 is 0 Å². The molecule has 0 aliphatic rings. The van der Waals surface area contributed by atoms with Crippen LogP contribution in [0.15, 0.2) is 29.2 Å². The minimum atomic E-state index is -2.53. The number of carbonyl (C=O) groups excluding carboxylic acids is 1. The number of ether oxygens (including phenoxy) is 1. The smallest absolute Gasteiger partial charge is 0.411 e. The van der Waals surface area contributed by atoms with Crippen LogP contribution in [0, 0.1) is 0 Å². The molecule has 0 atom stereocenters. The first-order valence-electron chi connectivity index (χ1n) is 5.00. The Morgan fingerprint density at radius 2 is 2.00 bits per heavy atom. The average molecular weight is 261 g/mol. The number of benzene rings is 1. The summed E-state index contributed by atoms with van der Waals surface area (Å²) in [4.78, 5) is 11.6. The molecule has 1 aromatic rings. The van der Waals surface area contributed by atoms with Crippen molar-refractivity contribution in [3.05, 3.63) is 24.3 Å². The molecule has 0 aromatic heterocycles. The second kappa shape index (κ2) is 6.44. The molecule has 94 valence electrons. The summed E-state index contributed by atoms with van der Waals surface area (Å²) in [6.07, 6.45) is -0.910. The molecular weight excluding hydrogens is 248 g/mol. The molecule has 1 amide bonds. The third kappa shape index (κ3) is 5.04. The van der Waals surface area contributed by atoms with Crippen LogP contribution in [-0.4, -0.2) is 18.0 Å². The Morgan fingerprint density at radius 3 is 2.59 bits per heavy atom. The van der Waals surface area contributed by atoms with Crippen molar-refractivity contribution in [1.82, 2.24) is 0 Å². The summed E-state index contributed by atoms with van der Waals surface area (Å²) in [6.45, 7) is 3.42.